The molecule has 3 nitrogen and oxygen atoms in total. The minimum Gasteiger partial charge on any atom is -0.344 e. The van der Waals surface area contributed by atoms with E-state index in [2.05, 4.69) is 38.3 Å². The molecule has 2 aromatic heterocycles. The van der Waals surface area contributed by atoms with Crippen LogP contribution >= 0.6 is 32.9 Å². The van der Waals surface area contributed by atoms with E-state index in [0.29, 0.717) is 22.2 Å². The second kappa shape index (κ2) is 6.68. The van der Waals surface area contributed by atoms with Crippen LogP contribution in [-0.2, 0) is 16.9 Å². The molecule has 2 aromatic rings. The van der Waals surface area contributed by atoms with Gasteiger partial charge in [0, 0.05) is 32.6 Å². The highest BCUT2D eigenvalue weighted by Gasteiger charge is 2.36. The van der Waals surface area contributed by atoms with E-state index in [4.69, 9.17) is 4.18 Å². The van der Waals surface area contributed by atoms with E-state index in [1.165, 1.54) is 6.20 Å². The maximum atomic E-state index is 13.2. The number of pyridine rings is 1. The largest absolute Gasteiger partial charge is 0.434 e. The van der Waals surface area contributed by atoms with Crippen LogP contribution in [0.25, 0.3) is 10.9 Å². The summed E-state index contributed by atoms with van der Waals surface area (Å²) in [5.41, 5.74) is -0.293. The van der Waals surface area contributed by atoms with Gasteiger partial charge in [-0.05, 0) is 41.2 Å². The smallest absolute Gasteiger partial charge is 0.344 e. The van der Waals surface area contributed by atoms with Crippen LogP contribution in [0.1, 0.15) is 26.5 Å². The molecule has 0 saturated heterocycles. The number of halogens is 4. The molecule has 0 N–H and O–H groups in total. The van der Waals surface area contributed by atoms with Crippen molar-refractivity contribution in [1.29, 1.82) is 0 Å². The number of nitrogens with zero attached hydrogens (tertiary/aromatic N) is 2. The normalized spacial score (nSPS) is 14.4. The second-order valence-corrected chi connectivity index (χ2v) is 12.0. The third-order valence-corrected chi connectivity index (χ3v) is 8.72. The van der Waals surface area contributed by atoms with Crippen LogP contribution in [0.5, 0.6) is 0 Å². The third kappa shape index (κ3) is 4.01. The molecule has 0 spiro atoms. The zero-order valence-electron chi connectivity index (χ0n) is 14.4. The van der Waals surface area contributed by atoms with Gasteiger partial charge in [-0.2, -0.15) is 13.2 Å². The maximum Gasteiger partial charge on any atom is 0.434 e. The Labute approximate surface area is 155 Å². The second-order valence-electron chi connectivity index (χ2n) is 6.89. The molecule has 0 bridgehead atoms. The SMILES string of the molecule is CC(C)(C)S(C)(C)OCCn1cc(I)c2c(C(F)(F)F)nccc21. The van der Waals surface area contributed by atoms with Crippen LogP contribution in [0.2, 0.25) is 0 Å². The number of alkyl halides is 3. The van der Waals surface area contributed by atoms with Gasteiger partial charge in [-0.15, -0.1) is 10.3 Å². The molecule has 0 aliphatic carbocycles. The Morgan fingerprint density at radius 1 is 1.25 bits per heavy atom. The quantitative estimate of drug-likeness (QED) is 0.551. The standard InChI is InChI=1S/C16H22F3IN2OS/c1-15(2,3)24(4,5)23-9-8-22-10-11(20)13-12(22)6-7-21-14(13)16(17,18)19/h6-7,10H,8-9H2,1-5H3. The lowest BCUT2D eigenvalue weighted by Crippen LogP contribution is -2.26. The molecule has 0 aliphatic rings. The van der Waals surface area contributed by atoms with Crippen molar-refractivity contribution in [2.75, 3.05) is 19.1 Å². The summed E-state index contributed by atoms with van der Waals surface area (Å²) < 4.78 is 47.9. The molecule has 8 heteroatoms. The monoisotopic (exact) mass is 474 g/mol. The Morgan fingerprint density at radius 2 is 1.88 bits per heavy atom. The first kappa shape index (κ1) is 19.8. The number of fused-ring (bicyclic) bond motifs is 1. The maximum absolute atomic E-state index is 13.2. The molecule has 0 amide bonds. The van der Waals surface area contributed by atoms with Gasteiger partial charge in [0.1, 0.15) is 0 Å². The fourth-order valence-corrected chi connectivity index (χ4v) is 3.83. The van der Waals surface area contributed by atoms with E-state index in [9.17, 15) is 13.2 Å². The van der Waals surface area contributed by atoms with Crippen LogP contribution < -0.4 is 0 Å². The van der Waals surface area contributed by atoms with E-state index in [1.54, 1.807) is 12.3 Å². The van der Waals surface area contributed by atoms with E-state index in [-0.39, 0.29) is 10.1 Å². The van der Waals surface area contributed by atoms with Gasteiger partial charge >= 0.3 is 6.18 Å². The lowest BCUT2D eigenvalue weighted by Gasteiger charge is -2.43. The zero-order chi connectivity index (χ0) is 18.3. The zero-order valence-corrected chi connectivity index (χ0v) is 17.3. The van der Waals surface area contributed by atoms with Crippen molar-refractivity contribution in [1.82, 2.24) is 9.55 Å². The summed E-state index contributed by atoms with van der Waals surface area (Å²) in [5, 5.41) is 0.160. The molecule has 0 fully saturated rings. The molecule has 0 atom stereocenters. The van der Waals surface area contributed by atoms with Crippen molar-refractivity contribution in [3.8, 4) is 0 Å². The molecule has 0 radical (unpaired) electrons. The van der Waals surface area contributed by atoms with Crippen molar-refractivity contribution >= 4 is 43.8 Å². The van der Waals surface area contributed by atoms with E-state index < -0.39 is 22.2 Å². The molecule has 0 unspecified atom stereocenters. The third-order valence-electron chi connectivity index (χ3n) is 4.20. The Kier molecular flexibility index (Phi) is 5.52. The van der Waals surface area contributed by atoms with Gasteiger partial charge in [-0.1, -0.05) is 20.8 Å². The average molecular weight is 474 g/mol. The Morgan fingerprint density at radius 3 is 2.42 bits per heavy atom. The fourth-order valence-electron chi connectivity index (χ4n) is 2.12. The van der Waals surface area contributed by atoms with Crippen molar-refractivity contribution in [2.45, 2.75) is 38.2 Å². The molecule has 2 heterocycles. The molecule has 136 valence electrons. The van der Waals surface area contributed by atoms with E-state index in [1.807, 2.05) is 27.2 Å². The highest BCUT2D eigenvalue weighted by molar-refractivity contribution is 14.1. The summed E-state index contributed by atoms with van der Waals surface area (Å²) in [6, 6.07) is 1.62. The lowest BCUT2D eigenvalue weighted by atomic mass is 10.2. The van der Waals surface area contributed by atoms with Crippen LogP contribution in [0.3, 0.4) is 0 Å². The fraction of sp³-hybridized carbons (Fsp3) is 0.562. The Hall–Kier alpha value is -0.480. The minimum atomic E-state index is -4.46. The highest BCUT2D eigenvalue weighted by atomic mass is 127. The van der Waals surface area contributed by atoms with Gasteiger partial charge in [-0.3, -0.25) is 4.98 Å². The van der Waals surface area contributed by atoms with Crippen molar-refractivity contribution in [3.63, 3.8) is 0 Å². The minimum absolute atomic E-state index is 0.0492. The first-order chi connectivity index (χ1) is 10.8. The predicted molar refractivity (Wildman–Crippen MR) is 103 cm³/mol. The van der Waals surface area contributed by atoms with Gasteiger partial charge in [-0.25, -0.2) is 0 Å². The van der Waals surface area contributed by atoms with Crippen LogP contribution in [0, 0.1) is 3.57 Å². The number of hydrogen-bond acceptors (Lipinski definition) is 2. The van der Waals surface area contributed by atoms with Crippen LogP contribution in [-0.4, -0.2) is 33.4 Å². The molecular weight excluding hydrogens is 452 g/mol. The average Bonchev–Trinajstić information content (AvgIpc) is 2.73. The number of hydrogen-bond donors (Lipinski definition) is 0. The molecule has 0 aliphatic heterocycles. The summed E-state index contributed by atoms with van der Waals surface area (Å²) >= 11 is 1.93. The highest BCUT2D eigenvalue weighted by Crippen LogP contribution is 2.53. The number of aromatic nitrogens is 2. The van der Waals surface area contributed by atoms with Gasteiger partial charge in [0.25, 0.3) is 0 Å². The lowest BCUT2D eigenvalue weighted by molar-refractivity contribution is -0.139. The summed E-state index contributed by atoms with van der Waals surface area (Å²) in [6.07, 6.45) is 2.70. The van der Waals surface area contributed by atoms with Crippen molar-refractivity contribution in [3.05, 3.63) is 27.7 Å². The van der Waals surface area contributed by atoms with Crippen LogP contribution in [0.15, 0.2) is 18.5 Å². The van der Waals surface area contributed by atoms with E-state index in [0.717, 1.165) is 0 Å². The summed E-state index contributed by atoms with van der Waals surface area (Å²) in [6.45, 7) is 7.38. The predicted octanol–water partition coefficient (Wildman–Crippen LogP) is 5.45. The summed E-state index contributed by atoms with van der Waals surface area (Å²) in [4.78, 5) is 3.53. The Bertz CT molecular complexity index is 735. The number of rotatable bonds is 4. The van der Waals surface area contributed by atoms with Gasteiger partial charge < -0.3 is 8.75 Å². The molecule has 2 rings (SSSR count). The molecule has 24 heavy (non-hydrogen) atoms. The topological polar surface area (TPSA) is 27.1 Å². The first-order valence-electron chi connectivity index (χ1n) is 7.42. The summed E-state index contributed by atoms with van der Waals surface area (Å²) in [7, 11) is -1.25. The molecular formula is C16H22F3IN2OS. The van der Waals surface area contributed by atoms with Crippen molar-refractivity contribution < 1.29 is 17.4 Å². The van der Waals surface area contributed by atoms with Gasteiger partial charge in [0.2, 0.25) is 0 Å². The van der Waals surface area contributed by atoms with Gasteiger partial charge in [0.15, 0.2) is 5.69 Å². The summed E-state index contributed by atoms with van der Waals surface area (Å²) in [5.74, 6) is 0. The molecule has 0 saturated carbocycles. The van der Waals surface area contributed by atoms with E-state index >= 15 is 0 Å². The van der Waals surface area contributed by atoms with Gasteiger partial charge in [0.05, 0.1) is 12.1 Å². The van der Waals surface area contributed by atoms with Crippen LogP contribution in [0.4, 0.5) is 13.2 Å². The Balaban J connectivity index is 2.26. The van der Waals surface area contributed by atoms with Crippen molar-refractivity contribution in [2.24, 2.45) is 0 Å². The molecule has 0 aromatic carbocycles. The first-order valence-corrected chi connectivity index (χ1v) is 10.9.